The van der Waals surface area contributed by atoms with E-state index < -0.39 is 6.09 Å². The van der Waals surface area contributed by atoms with Gasteiger partial charge in [-0.1, -0.05) is 19.9 Å². The van der Waals surface area contributed by atoms with Crippen LogP contribution >= 0.6 is 0 Å². The van der Waals surface area contributed by atoms with Crippen molar-refractivity contribution in [3.63, 3.8) is 0 Å². The maximum absolute atomic E-state index is 11.8. The Kier molecular flexibility index (Phi) is 7.25. The zero-order valence-electron chi connectivity index (χ0n) is 12.7. The van der Waals surface area contributed by atoms with E-state index in [0.29, 0.717) is 23.8 Å². The fraction of sp³-hybridized carbons (Fsp3) is 0.467. The van der Waals surface area contributed by atoms with Crippen molar-refractivity contribution < 1.29 is 14.3 Å². The number of hydrogen-bond donors (Lipinski definition) is 3. The van der Waals surface area contributed by atoms with E-state index in [0.717, 1.165) is 13.0 Å². The highest BCUT2D eigenvalue weighted by Gasteiger charge is 2.05. The van der Waals surface area contributed by atoms with Crippen LogP contribution in [0, 0.1) is 0 Å². The zero-order chi connectivity index (χ0) is 15.7. The van der Waals surface area contributed by atoms with Crippen LogP contribution in [-0.2, 0) is 9.53 Å². The normalized spacial score (nSPS) is 10.3. The lowest BCUT2D eigenvalue weighted by atomic mass is 10.2. The van der Waals surface area contributed by atoms with E-state index in [1.165, 1.54) is 7.11 Å². The molecule has 0 spiro atoms. The maximum atomic E-state index is 11.8. The Balaban J connectivity index is 2.41. The van der Waals surface area contributed by atoms with Crippen LogP contribution in [0.3, 0.4) is 0 Å². The van der Waals surface area contributed by atoms with E-state index in [-0.39, 0.29) is 5.91 Å². The summed E-state index contributed by atoms with van der Waals surface area (Å²) >= 11 is 0. The quantitative estimate of drug-likeness (QED) is 0.675. The number of rotatable bonds is 7. The van der Waals surface area contributed by atoms with E-state index in [1.807, 2.05) is 0 Å². The molecule has 0 fully saturated rings. The van der Waals surface area contributed by atoms with Gasteiger partial charge in [-0.3, -0.25) is 10.1 Å². The van der Waals surface area contributed by atoms with Gasteiger partial charge in [-0.15, -0.1) is 0 Å². The van der Waals surface area contributed by atoms with Gasteiger partial charge in [0.15, 0.2) is 0 Å². The Morgan fingerprint density at radius 3 is 2.48 bits per heavy atom. The summed E-state index contributed by atoms with van der Waals surface area (Å²) in [7, 11) is 1.30. The standard InChI is InChI=1S/C15H23N3O3/c1-11(2)16-9-5-8-14(19)17-12-6-4-7-13(10-12)18-15(20)21-3/h4,6-7,10-11,16H,5,8-9H2,1-3H3,(H,17,19)(H,18,20). The van der Waals surface area contributed by atoms with E-state index in [4.69, 9.17) is 0 Å². The molecule has 1 aromatic carbocycles. The third kappa shape index (κ3) is 7.31. The fourth-order valence-corrected chi connectivity index (χ4v) is 1.71. The van der Waals surface area contributed by atoms with Crippen molar-refractivity contribution in [1.29, 1.82) is 0 Å². The van der Waals surface area contributed by atoms with Crippen LogP contribution in [0.5, 0.6) is 0 Å². The first-order chi connectivity index (χ1) is 10.0. The van der Waals surface area contributed by atoms with Crippen molar-refractivity contribution in [2.45, 2.75) is 32.7 Å². The molecule has 0 radical (unpaired) electrons. The van der Waals surface area contributed by atoms with Crippen molar-refractivity contribution in [2.75, 3.05) is 24.3 Å². The van der Waals surface area contributed by atoms with Gasteiger partial charge < -0.3 is 15.4 Å². The molecule has 0 aliphatic heterocycles. The number of methoxy groups -OCH3 is 1. The van der Waals surface area contributed by atoms with E-state index >= 15 is 0 Å². The minimum Gasteiger partial charge on any atom is -0.453 e. The lowest BCUT2D eigenvalue weighted by Gasteiger charge is -2.09. The second kappa shape index (κ2) is 8.97. The second-order valence-corrected chi connectivity index (χ2v) is 4.96. The van der Waals surface area contributed by atoms with Crippen LogP contribution < -0.4 is 16.0 Å². The molecule has 0 aromatic heterocycles. The van der Waals surface area contributed by atoms with E-state index in [1.54, 1.807) is 24.3 Å². The molecule has 6 nitrogen and oxygen atoms in total. The number of ether oxygens (including phenoxy) is 1. The summed E-state index contributed by atoms with van der Waals surface area (Å²) in [6.07, 6.45) is 0.691. The van der Waals surface area contributed by atoms with Crippen LogP contribution in [0.1, 0.15) is 26.7 Å². The van der Waals surface area contributed by atoms with Gasteiger partial charge in [0.25, 0.3) is 0 Å². The zero-order valence-corrected chi connectivity index (χ0v) is 12.7. The van der Waals surface area contributed by atoms with Gasteiger partial charge >= 0.3 is 6.09 Å². The molecule has 0 saturated carbocycles. The molecule has 0 bridgehead atoms. The highest BCUT2D eigenvalue weighted by Crippen LogP contribution is 2.15. The first kappa shape index (κ1) is 17.0. The minimum atomic E-state index is -0.543. The third-order valence-corrected chi connectivity index (χ3v) is 2.71. The van der Waals surface area contributed by atoms with Gasteiger partial charge in [0, 0.05) is 23.8 Å². The van der Waals surface area contributed by atoms with Crippen LogP contribution in [0.4, 0.5) is 16.2 Å². The predicted molar refractivity (Wildman–Crippen MR) is 83.5 cm³/mol. The second-order valence-electron chi connectivity index (χ2n) is 4.96. The minimum absolute atomic E-state index is 0.0456. The van der Waals surface area contributed by atoms with Crippen LogP contribution in [0.2, 0.25) is 0 Å². The summed E-state index contributed by atoms with van der Waals surface area (Å²) in [6, 6.07) is 7.35. The smallest absolute Gasteiger partial charge is 0.411 e. The molecular formula is C15H23N3O3. The summed E-state index contributed by atoms with van der Waals surface area (Å²) in [5, 5.41) is 8.61. The number of anilines is 2. The Labute approximate surface area is 125 Å². The average molecular weight is 293 g/mol. The predicted octanol–water partition coefficient (Wildman–Crippen LogP) is 2.58. The number of hydrogen-bond acceptors (Lipinski definition) is 4. The Bertz CT molecular complexity index is 475. The summed E-state index contributed by atoms with van der Waals surface area (Å²) < 4.78 is 4.52. The van der Waals surface area contributed by atoms with Crippen LogP contribution in [0.25, 0.3) is 0 Å². The number of nitrogens with one attached hydrogen (secondary N) is 3. The van der Waals surface area contributed by atoms with Gasteiger partial charge in [-0.25, -0.2) is 4.79 Å². The van der Waals surface area contributed by atoms with Gasteiger partial charge in [-0.2, -0.15) is 0 Å². The third-order valence-electron chi connectivity index (χ3n) is 2.71. The number of carbonyl (C=O) groups is 2. The molecule has 0 atom stereocenters. The summed E-state index contributed by atoms with van der Waals surface area (Å²) in [5.74, 6) is -0.0456. The molecule has 0 aliphatic carbocycles. The Morgan fingerprint density at radius 2 is 1.86 bits per heavy atom. The molecule has 116 valence electrons. The van der Waals surface area contributed by atoms with E-state index in [9.17, 15) is 9.59 Å². The van der Waals surface area contributed by atoms with Crippen molar-refractivity contribution in [3.8, 4) is 0 Å². The van der Waals surface area contributed by atoms with Crippen LogP contribution in [0.15, 0.2) is 24.3 Å². The molecule has 1 aromatic rings. The lowest BCUT2D eigenvalue weighted by molar-refractivity contribution is -0.116. The highest BCUT2D eigenvalue weighted by atomic mass is 16.5. The average Bonchev–Trinajstić information content (AvgIpc) is 2.43. The van der Waals surface area contributed by atoms with E-state index in [2.05, 4.69) is 34.5 Å². The SMILES string of the molecule is COC(=O)Nc1cccc(NC(=O)CCCNC(C)C)c1. The molecule has 6 heteroatoms. The number of carbonyl (C=O) groups excluding carboxylic acids is 2. The van der Waals surface area contributed by atoms with Crippen molar-refractivity contribution in [2.24, 2.45) is 0 Å². The molecule has 2 amide bonds. The van der Waals surface area contributed by atoms with Crippen molar-refractivity contribution in [1.82, 2.24) is 5.32 Å². The van der Waals surface area contributed by atoms with Gasteiger partial charge in [0.1, 0.15) is 0 Å². The molecule has 21 heavy (non-hydrogen) atoms. The number of benzene rings is 1. The molecule has 0 unspecified atom stereocenters. The monoisotopic (exact) mass is 293 g/mol. The topological polar surface area (TPSA) is 79.5 Å². The Morgan fingerprint density at radius 1 is 1.19 bits per heavy atom. The van der Waals surface area contributed by atoms with Crippen LogP contribution in [-0.4, -0.2) is 31.7 Å². The number of amides is 2. The van der Waals surface area contributed by atoms with Gasteiger partial charge in [0.05, 0.1) is 7.11 Å². The molecule has 0 saturated heterocycles. The first-order valence-electron chi connectivity index (χ1n) is 6.99. The Hall–Kier alpha value is -2.08. The molecule has 1 rings (SSSR count). The largest absolute Gasteiger partial charge is 0.453 e. The van der Waals surface area contributed by atoms with Gasteiger partial charge in [-0.05, 0) is 31.2 Å². The fourth-order valence-electron chi connectivity index (χ4n) is 1.71. The highest BCUT2D eigenvalue weighted by molar-refractivity contribution is 5.92. The molecule has 0 aliphatic rings. The molecular weight excluding hydrogens is 270 g/mol. The lowest BCUT2D eigenvalue weighted by Crippen LogP contribution is -2.24. The molecule has 3 N–H and O–H groups in total. The summed E-state index contributed by atoms with van der Waals surface area (Å²) in [6.45, 7) is 4.95. The van der Waals surface area contributed by atoms with Gasteiger partial charge in [0.2, 0.25) is 5.91 Å². The summed E-state index contributed by atoms with van der Waals surface area (Å²) in [5.41, 5.74) is 1.21. The van der Waals surface area contributed by atoms with Crippen molar-refractivity contribution in [3.05, 3.63) is 24.3 Å². The first-order valence-corrected chi connectivity index (χ1v) is 6.99. The van der Waals surface area contributed by atoms with Crippen molar-refractivity contribution >= 4 is 23.4 Å². The maximum Gasteiger partial charge on any atom is 0.411 e. The summed E-state index contributed by atoms with van der Waals surface area (Å²) in [4.78, 5) is 22.9. The molecule has 0 heterocycles.